The topological polar surface area (TPSA) is 21.3 Å². The van der Waals surface area contributed by atoms with Gasteiger partial charge in [-0.15, -0.1) is 0 Å². The maximum Gasteiger partial charge on any atom is 0.0590 e. The molecule has 0 radical (unpaired) electrons. The molecule has 0 amide bonds. The lowest BCUT2D eigenvalue weighted by Gasteiger charge is -2.10. The van der Waals surface area contributed by atoms with Crippen LogP contribution in [-0.2, 0) is 4.74 Å². The van der Waals surface area contributed by atoms with E-state index in [-0.39, 0.29) is 0 Å². The first-order valence-corrected chi connectivity index (χ1v) is 6.72. The van der Waals surface area contributed by atoms with Gasteiger partial charge in [0.15, 0.2) is 0 Å². The lowest BCUT2D eigenvalue weighted by molar-refractivity contribution is 0.131. The zero-order valence-corrected chi connectivity index (χ0v) is 10.3. The van der Waals surface area contributed by atoms with E-state index in [1.165, 1.54) is 51.5 Å². The van der Waals surface area contributed by atoms with Gasteiger partial charge in [-0.3, -0.25) is 0 Å². The van der Waals surface area contributed by atoms with Crippen molar-refractivity contribution in [2.75, 3.05) is 26.3 Å². The van der Waals surface area contributed by atoms with Crippen molar-refractivity contribution in [3.05, 3.63) is 0 Å². The van der Waals surface area contributed by atoms with Crippen molar-refractivity contribution in [3.8, 4) is 0 Å². The van der Waals surface area contributed by atoms with Gasteiger partial charge in [0.1, 0.15) is 0 Å². The minimum atomic E-state index is 0.885. The molecule has 1 aliphatic rings. The van der Waals surface area contributed by atoms with Gasteiger partial charge in [0.25, 0.3) is 0 Å². The lowest BCUT2D eigenvalue weighted by Crippen LogP contribution is -2.25. The van der Waals surface area contributed by atoms with Crippen molar-refractivity contribution in [2.45, 2.75) is 51.9 Å². The van der Waals surface area contributed by atoms with Crippen LogP contribution in [0.5, 0.6) is 0 Å². The standard InChI is InChI=1S/C13H27NO/c1-2-3-6-10-15-11-9-14-12-13-7-4-5-8-13/h13-14H,2-12H2,1H3. The van der Waals surface area contributed by atoms with Gasteiger partial charge < -0.3 is 10.1 Å². The van der Waals surface area contributed by atoms with Crippen molar-refractivity contribution in [1.29, 1.82) is 0 Å². The zero-order valence-electron chi connectivity index (χ0n) is 10.3. The normalized spacial score (nSPS) is 17.4. The molecule has 0 aromatic heterocycles. The predicted molar refractivity (Wildman–Crippen MR) is 65.2 cm³/mol. The second kappa shape index (κ2) is 9.17. The van der Waals surface area contributed by atoms with Crippen LogP contribution in [0.2, 0.25) is 0 Å². The number of nitrogens with one attached hydrogen (secondary N) is 1. The highest BCUT2D eigenvalue weighted by atomic mass is 16.5. The Kier molecular flexibility index (Phi) is 7.94. The molecule has 0 unspecified atom stereocenters. The minimum absolute atomic E-state index is 0.885. The van der Waals surface area contributed by atoms with Crippen LogP contribution in [0, 0.1) is 5.92 Å². The first kappa shape index (κ1) is 13.0. The molecule has 1 aliphatic carbocycles. The fourth-order valence-electron chi connectivity index (χ4n) is 2.22. The maximum atomic E-state index is 5.54. The van der Waals surface area contributed by atoms with Gasteiger partial charge in [-0.2, -0.15) is 0 Å². The van der Waals surface area contributed by atoms with Crippen LogP contribution < -0.4 is 5.32 Å². The molecule has 0 aromatic carbocycles. The lowest BCUT2D eigenvalue weighted by atomic mass is 10.1. The molecular formula is C13H27NO. The molecule has 0 atom stereocenters. The Bertz CT molecular complexity index is 132. The van der Waals surface area contributed by atoms with E-state index in [4.69, 9.17) is 4.74 Å². The summed E-state index contributed by atoms with van der Waals surface area (Å²) in [6.45, 7) is 6.29. The van der Waals surface area contributed by atoms with Crippen LogP contribution in [0.15, 0.2) is 0 Å². The van der Waals surface area contributed by atoms with Gasteiger partial charge in [0.2, 0.25) is 0 Å². The fourth-order valence-corrected chi connectivity index (χ4v) is 2.22. The fraction of sp³-hybridized carbons (Fsp3) is 1.00. The summed E-state index contributed by atoms with van der Waals surface area (Å²) in [4.78, 5) is 0. The number of hydrogen-bond acceptors (Lipinski definition) is 2. The smallest absolute Gasteiger partial charge is 0.0590 e. The van der Waals surface area contributed by atoms with Crippen molar-refractivity contribution in [3.63, 3.8) is 0 Å². The summed E-state index contributed by atoms with van der Waals surface area (Å²) in [5.41, 5.74) is 0. The van der Waals surface area contributed by atoms with E-state index in [0.29, 0.717) is 0 Å². The summed E-state index contributed by atoms with van der Waals surface area (Å²) in [5, 5.41) is 3.49. The SMILES string of the molecule is CCCCCOCCNCC1CCCC1. The van der Waals surface area contributed by atoms with Gasteiger partial charge in [-0.05, 0) is 31.7 Å². The van der Waals surface area contributed by atoms with E-state index in [9.17, 15) is 0 Å². The first-order valence-electron chi connectivity index (χ1n) is 6.72. The minimum Gasteiger partial charge on any atom is -0.380 e. The number of rotatable bonds is 9. The Balaban J connectivity index is 1.73. The third-order valence-corrected chi connectivity index (χ3v) is 3.22. The summed E-state index contributed by atoms with van der Waals surface area (Å²) in [5.74, 6) is 0.949. The average molecular weight is 213 g/mol. The van der Waals surface area contributed by atoms with Crippen LogP contribution in [0.1, 0.15) is 51.9 Å². The molecule has 1 rings (SSSR count). The molecule has 15 heavy (non-hydrogen) atoms. The molecule has 0 bridgehead atoms. The summed E-state index contributed by atoms with van der Waals surface area (Å²) in [6, 6.07) is 0. The van der Waals surface area contributed by atoms with Gasteiger partial charge in [0.05, 0.1) is 6.61 Å². The molecule has 0 aromatic rings. The Morgan fingerprint density at radius 3 is 2.67 bits per heavy atom. The third kappa shape index (κ3) is 6.91. The Labute approximate surface area is 94.8 Å². The highest BCUT2D eigenvalue weighted by Gasteiger charge is 2.13. The van der Waals surface area contributed by atoms with Gasteiger partial charge >= 0.3 is 0 Å². The van der Waals surface area contributed by atoms with E-state index in [2.05, 4.69) is 12.2 Å². The molecule has 1 fully saturated rings. The first-order chi connectivity index (χ1) is 7.43. The summed E-state index contributed by atoms with van der Waals surface area (Å²) >= 11 is 0. The van der Waals surface area contributed by atoms with Gasteiger partial charge in [0, 0.05) is 13.2 Å². The molecule has 0 aliphatic heterocycles. The second-order valence-corrected chi connectivity index (χ2v) is 4.67. The highest BCUT2D eigenvalue weighted by molar-refractivity contribution is 4.69. The van der Waals surface area contributed by atoms with E-state index < -0.39 is 0 Å². The molecule has 0 heterocycles. The largest absolute Gasteiger partial charge is 0.380 e. The Morgan fingerprint density at radius 2 is 1.93 bits per heavy atom. The van der Waals surface area contributed by atoms with Gasteiger partial charge in [-0.1, -0.05) is 32.6 Å². The quantitative estimate of drug-likeness (QED) is 0.595. The molecule has 0 saturated heterocycles. The Hall–Kier alpha value is -0.0800. The van der Waals surface area contributed by atoms with Crippen molar-refractivity contribution in [2.24, 2.45) is 5.92 Å². The maximum absolute atomic E-state index is 5.54. The molecule has 1 saturated carbocycles. The summed E-state index contributed by atoms with van der Waals surface area (Å²) in [6.07, 6.45) is 9.56. The number of hydrogen-bond donors (Lipinski definition) is 1. The second-order valence-electron chi connectivity index (χ2n) is 4.67. The van der Waals surface area contributed by atoms with Crippen LogP contribution in [0.3, 0.4) is 0 Å². The monoisotopic (exact) mass is 213 g/mol. The zero-order chi connectivity index (χ0) is 10.8. The van der Waals surface area contributed by atoms with Crippen LogP contribution >= 0.6 is 0 Å². The van der Waals surface area contributed by atoms with Crippen LogP contribution in [0.25, 0.3) is 0 Å². The van der Waals surface area contributed by atoms with Crippen molar-refractivity contribution in [1.82, 2.24) is 5.32 Å². The van der Waals surface area contributed by atoms with E-state index >= 15 is 0 Å². The van der Waals surface area contributed by atoms with E-state index in [1.54, 1.807) is 0 Å². The highest BCUT2D eigenvalue weighted by Crippen LogP contribution is 2.23. The molecule has 0 spiro atoms. The predicted octanol–water partition coefficient (Wildman–Crippen LogP) is 2.97. The van der Waals surface area contributed by atoms with E-state index in [0.717, 1.165) is 25.7 Å². The van der Waals surface area contributed by atoms with Crippen molar-refractivity contribution < 1.29 is 4.74 Å². The molecule has 2 nitrogen and oxygen atoms in total. The number of unbranched alkanes of at least 4 members (excludes halogenated alkanes) is 2. The molecule has 2 heteroatoms. The number of ether oxygens (including phenoxy) is 1. The van der Waals surface area contributed by atoms with Gasteiger partial charge in [-0.25, -0.2) is 0 Å². The third-order valence-electron chi connectivity index (χ3n) is 3.22. The summed E-state index contributed by atoms with van der Waals surface area (Å²) < 4.78 is 5.54. The Morgan fingerprint density at radius 1 is 1.13 bits per heavy atom. The van der Waals surface area contributed by atoms with Crippen LogP contribution in [-0.4, -0.2) is 26.3 Å². The van der Waals surface area contributed by atoms with E-state index in [1.807, 2.05) is 0 Å². The average Bonchev–Trinajstić information content (AvgIpc) is 2.75. The van der Waals surface area contributed by atoms with Crippen molar-refractivity contribution >= 4 is 0 Å². The molecular weight excluding hydrogens is 186 g/mol. The van der Waals surface area contributed by atoms with Crippen LogP contribution in [0.4, 0.5) is 0 Å². The molecule has 90 valence electrons. The summed E-state index contributed by atoms with van der Waals surface area (Å²) in [7, 11) is 0. The molecule has 1 N–H and O–H groups in total.